The highest BCUT2D eigenvalue weighted by Gasteiger charge is 2.11. The van der Waals surface area contributed by atoms with Crippen LogP contribution in [0.2, 0.25) is 0 Å². The third-order valence-corrected chi connectivity index (χ3v) is 4.29. The first kappa shape index (κ1) is 13.7. The van der Waals surface area contributed by atoms with Crippen molar-refractivity contribution in [3.8, 4) is 0 Å². The lowest BCUT2D eigenvalue weighted by atomic mass is 10.3. The monoisotopic (exact) mass is 304 g/mol. The Morgan fingerprint density at radius 3 is 2.81 bits per heavy atom. The molecule has 1 amide bonds. The van der Waals surface area contributed by atoms with Gasteiger partial charge in [-0.25, -0.2) is 0 Å². The van der Waals surface area contributed by atoms with Gasteiger partial charge in [0.25, 0.3) is 0 Å². The van der Waals surface area contributed by atoms with Gasteiger partial charge < -0.3 is 10.2 Å². The molecule has 0 saturated heterocycles. The molecule has 1 aromatic rings. The molecule has 0 spiro atoms. The zero-order valence-electron chi connectivity index (χ0n) is 9.79. The second-order valence-corrected chi connectivity index (χ2v) is 6.15. The Morgan fingerprint density at radius 2 is 2.31 bits per heavy atom. The number of halogens is 1. The summed E-state index contributed by atoms with van der Waals surface area (Å²) >= 11 is 5.12. The first-order valence-electron chi connectivity index (χ1n) is 5.27. The Kier molecular flexibility index (Phi) is 5.44. The van der Waals surface area contributed by atoms with E-state index in [2.05, 4.69) is 34.2 Å². The fraction of sp³-hybridized carbons (Fsp3) is 0.545. The molecule has 1 aromatic heterocycles. The summed E-state index contributed by atoms with van der Waals surface area (Å²) in [5, 5.41) is 3.23. The largest absolute Gasteiger partial charge is 0.345 e. The van der Waals surface area contributed by atoms with E-state index in [9.17, 15) is 4.79 Å². The van der Waals surface area contributed by atoms with Crippen LogP contribution in [0.3, 0.4) is 0 Å². The molecular formula is C11H17BrN2OS. The summed E-state index contributed by atoms with van der Waals surface area (Å²) in [5.41, 5.74) is 0. The zero-order valence-corrected chi connectivity index (χ0v) is 12.2. The fourth-order valence-corrected chi connectivity index (χ4v) is 2.66. The van der Waals surface area contributed by atoms with Crippen molar-refractivity contribution in [3.05, 3.63) is 20.8 Å². The third kappa shape index (κ3) is 3.88. The summed E-state index contributed by atoms with van der Waals surface area (Å²) in [6, 6.07) is 4.31. The predicted octanol–water partition coefficient (Wildman–Crippen LogP) is 2.64. The molecule has 0 aliphatic heterocycles. The summed E-state index contributed by atoms with van der Waals surface area (Å²) in [6.45, 7) is 5.18. The molecule has 0 radical (unpaired) electrons. The van der Waals surface area contributed by atoms with Crippen LogP contribution in [0.1, 0.15) is 24.8 Å². The van der Waals surface area contributed by atoms with E-state index in [1.54, 1.807) is 16.2 Å². The number of nitrogens with zero attached hydrogens (tertiary/aromatic N) is 1. The molecule has 90 valence electrons. The maximum Gasteiger partial charge on any atom is 0.236 e. The molecule has 0 aliphatic rings. The van der Waals surface area contributed by atoms with E-state index < -0.39 is 0 Å². The van der Waals surface area contributed by atoms with Crippen molar-refractivity contribution >= 4 is 33.2 Å². The number of thiophene rings is 1. The fourth-order valence-electron chi connectivity index (χ4n) is 1.21. The number of carbonyl (C=O) groups is 1. The van der Waals surface area contributed by atoms with E-state index in [1.807, 2.05) is 20.0 Å². The highest BCUT2D eigenvalue weighted by molar-refractivity contribution is 9.11. The van der Waals surface area contributed by atoms with Crippen molar-refractivity contribution in [2.45, 2.75) is 19.9 Å². The molecule has 3 nitrogen and oxygen atoms in total. The van der Waals surface area contributed by atoms with Gasteiger partial charge in [0, 0.05) is 24.5 Å². The van der Waals surface area contributed by atoms with Gasteiger partial charge in [-0.05, 0) is 41.9 Å². The molecule has 0 fully saturated rings. The van der Waals surface area contributed by atoms with E-state index in [4.69, 9.17) is 0 Å². The van der Waals surface area contributed by atoms with E-state index in [0.717, 1.165) is 10.3 Å². The van der Waals surface area contributed by atoms with Crippen LogP contribution in [0.5, 0.6) is 0 Å². The van der Waals surface area contributed by atoms with Crippen molar-refractivity contribution < 1.29 is 4.79 Å². The summed E-state index contributed by atoms with van der Waals surface area (Å²) in [7, 11) is 1.82. The molecule has 1 rings (SSSR count). The lowest BCUT2D eigenvalue weighted by Gasteiger charge is -2.17. The molecular weight excluding hydrogens is 288 g/mol. The topological polar surface area (TPSA) is 32.3 Å². The Labute approximate surface area is 109 Å². The van der Waals surface area contributed by atoms with Gasteiger partial charge in [-0.1, -0.05) is 0 Å². The summed E-state index contributed by atoms with van der Waals surface area (Å²) in [5.74, 6) is 0.130. The van der Waals surface area contributed by atoms with Gasteiger partial charge in [-0.2, -0.15) is 0 Å². The van der Waals surface area contributed by atoms with Crippen molar-refractivity contribution in [1.29, 1.82) is 0 Å². The van der Waals surface area contributed by atoms with Crippen LogP contribution in [0, 0.1) is 0 Å². The SMILES string of the molecule is CCN(C)C(=O)CNC(C)c1ccc(Br)s1. The summed E-state index contributed by atoms with van der Waals surface area (Å²) in [4.78, 5) is 14.5. The molecule has 0 saturated carbocycles. The van der Waals surface area contributed by atoms with E-state index in [1.165, 1.54) is 4.88 Å². The van der Waals surface area contributed by atoms with Crippen molar-refractivity contribution in [2.24, 2.45) is 0 Å². The van der Waals surface area contributed by atoms with Crippen LogP contribution in [0.4, 0.5) is 0 Å². The maximum atomic E-state index is 11.6. The highest BCUT2D eigenvalue weighted by Crippen LogP contribution is 2.26. The van der Waals surface area contributed by atoms with Gasteiger partial charge in [0.2, 0.25) is 5.91 Å². The van der Waals surface area contributed by atoms with Gasteiger partial charge >= 0.3 is 0 Å². The molecule has 0 aromatic carbocycles. The van der Waals surface area contributed by atoms with Crippen LogP contribution in [-0.4, -0.2) is 30.9 Å². The van der Waals surface area contributed by atoms with Crippen molar-refractivity contribution in [2.75, 3.05) is 20.1 Å². The normalized spacial score (nSPS) is 12.5. The molecule has 0 aliphatic carbocycles. The van der Waals surface area contributed by atoms with Crippen molar-refractivity contribution in [1.82, 2.24) is 10.2 Å². The second-order valence-electron chi connectivity index (χ2n) is 3.65. The standard InChI is InChI=1S/C11H17BrN2OS/c1-4-14(3)11(15)7-13-8(2)9-5-6-10(12)16-9/h5-6,8,13H,4,7H2,1-3H3. The number of amides is 1. The predicted molar refractivity (Wildman–Crippen MR) is 71.7 cm³/mol. The van der Waals surface area contributed by atoms with E-state index in [-0.39, 0.29) is 11.9 Å². The smallest absolute Gasteiger partial charge is 0.236 e. The number of nitrogens with one attached hydrogen (secondary N) is 1. The average molecular weight is 305 g/mol. The number of carbonyl (C=O) groups excluding carboxylic acids is 1. The Balaban J connectivity index is 2.41. The van der Waals surface area contributed by atoms with Crippen LogP contribution in [0.15, 0.2) is 15.9 Å². The molecule has 5 heteroatoms. The number of likely N-dealkylation sites (N-methyl/N-ethyl adjacent to an activating group) is 1. The summed E-state index contributed by atoms with van der Waals surface area (Å²) in [6.07, 6.45) is 0. The molecule has 1 N–H and O–H groups in total. The molecule has 1 unspecified atom stereocenters. The van der Waals surface area contributed by atoms with Gasteiger partial charge in [-0.3, -0.25) is 4.79 Å². The first-order valence-corrected chi connectivity index (χ1v) is 6.88. The van der Waals surface area contributed by atoms with Gasteiger partial charge in [0.1, 0.15) is 0 Å². The lowest BCUT2D eigenvalue weighted by Crippen LogP contribution is -2.36. The lowest BCUT2D eigenvalue weighted by molar-refractivity contribution is -0.128. The first-order chi connectivity index (χ1) is 7.54. The van der Waals surface area contributed by atoms with Gasteiger partial charge in [0.05, 0.1) is 10.3 Å². The van der Waals surface area contributed by atoms with Crippen LogP contribution < -0.4 is 5.32 Å². The molecule has 16 heavy (non-hydrogen) atoms. The van der Waals surface area contributed by atoms with Crippen molar-refractivity contribution in [3.63, 3.8) is 0 Å². The average Bonchev–Trinajstić information content (AvgIpc) is 2.71. The van der Waals surface area contributed by atoms with E-state index >= 15 is 0 Å². The van der Waals surface area contributed by atoms with Crippen LogP contribution in [0.25, 0.3) is 0 Å². The minimum atomic E-state index is 0.130. The van der Waals surface area contributed by atoms with Gasteiger partial charge in [0.15, 0.2) is 0 Å². The molecule has 1 heterocycles. The third-order valence-electron chi connectivity index (χ3n) is 2.48. The summed E-state index contributed by atoms with van der Waals surface area (Å²) < 4.78 is 1.12. The van der Waals surface area contributed by atoms with Crippen LogP contribution in [-0.2, 0) is 4.79 Å². The Morgan fingerprint density at radius 1 is 1.62 bits per heavy atom. The highest BCUT2D eigenvalue weighted by atomic mass is 79.9. The minimum absolute atomic E-state index is 0.130. The Bertz CT molecular complexity index is 354. The number of hydrogen-bond acceptors (Lipinski definition) is 3. The molecule has 0 bridgehead atoms. The minimum Gasteiger partial charge on any atom is -0.345 e. The number of hydrogen-bond donors (Lipinski definition) is 1. The number of rotatable bonds is 5. The van der Waals surface area contributed by atoms with Gasteiger partial charge in [-0.15, -0.1) is 11.3 Å². The van der Waals surface area contributed by atoms with E-state index in [0.29, 0.717) is 6.54 Å². The molecule has 1 atom stereocenters. The second kappa shape index (κ2) is 6.37. The van der Waals surface area contributed by atoms with Crippen LogP contribution >= 0.6 is 27.3 Å². The Hall–Kier alpha value is -0.390. The maximum absolute atomic E-state index is 11.6. The quantitative estimate of drug-likeness (QED) is 0.907. The zero-order chi connectivity index (χ0) is 12.1.